The van der Waals surface area contributed by atoms with Crippen molar-refractivity contribution in [1.82, 2.24) is 0 Å². The van der Waals surface area contributed by atoms with E-state index in [1.165, 1.54) is 0 Å². The molecule has 1 radical (unpaired) electrons. The first kappa shape index (κ1) is 21.4. The van der Waals surface area contributed by atoms with Crippen molar-refractivity contribution in [3.63, 3.8) is 0 Å². The van der Waals surface area contributed by atoms with E-state index in [0.29, 0.717) is 0 Å². The van der Waals surface area contributed by atoms with Crippen molar-refractivity contribution in [2.24, 2.45) is 0 Å². The minimum atomic E-state index is -0.995. The second-order valence-corrected chi connectivity index (χ2v) is 9.68. The fourth-order valence-electron chi connectivity index (χ4n) is 2.99. The normalized spacial score (nSPS) is 19.2. The summed E-state index contributed by atoms with van der Waals surface area (Å²) < 4.78 is 18.7. The largest absolute Gasteiger partial charge is 0.494 e. The van der Waals surface area contributed by atoms with Gasteiger partial charge in [0.1, 0.15) is 0 Å². The van der Waals surface area contributed by atoms with E-state index in [0.717, 1.165) is 21.7 Å². The molecule has 0 bridgehead atoms. The minimum Gasteiger partial charge on any atom is -0.427 e. The van der Waals surface area contributed by atoms with Crippen LogP contribution in [0.15, 0.2) is 36.4 Å². The molecule has 3 rings (SSSR count). The molecule has 0 saturated carbocycles. The molecule has 6 heteroatoms. The van der Waals surface area contributed by atoms with Crippen LogP contribution in [0.4, 0.5) is 0 Å². The van der Waals surface area contributed by atoms with Gasteiger partial charge in [0.25, 0.3) is 0 Å². The number of hydrogen-bond donors (Lipinski definition) is 1. The fourth-order valence-corrected chi connectivity index (χ4v) is 2.99. The van der Waals surface area contributed by atoms with E-state index in [2.05, 4.69) is 45.9 Å². The summed E-state index contributed by atoms with van der Waals surface area (Å²) in [6.45, 7) is 15.4. The third-order valence-corrected chi connectivity index (χ3v) is 6.45. The molecule has 1 fully saturated rings. The molecule has 0 atom stereocenters. The summed E-state index contributed by atoms with van der Waals surface area (Å²) in [6.07, 6.45) is 0. The predicted octanol–water partition coefficient (Wildman–Crippen LogP) is 2.95. The van der Waals surface area contributed by atoms with Crippen LogP contribution >= 0.6 is 0 Å². The van der Waals surface area contributed by atoms with Crippen LogP contribution in [0.3, 0.4) is 0 Å². The Hall–Kier alpha value is -1.33. The Morgan fingerprint density at radius 2 is 1.50 bits per heavy atom. The number of aliphatic hydroxyl groups is 1. The van der Waals surface area contributed by atoms with Crippen LogP contribution in [0, 0.1) is 0 Å². The van der Waals surface area contributed by atoms with Gasteiger partial charge in [-0.3, -0.25) is 0 Å². The second kappa shape index (κ2) is 6.87. The van der Waals surface area contributed by atoms with Gasteiger partial charge in [0.15, 0.2) is 0 Å². The summed E-state index contributed by atoms with van der Waals surface area (Å²) in [5, 5.41) is 12.6. The second-order valence-electron chi connectivity index (χ2n) is 9.68. The molecule has 28 heavy (non-hydrogen) atoms. The van der Waals surface area contributed by atoms with Crippen molar-refractivity contribution >= 4 is 36.3 Å². The van der Waals surface area contributed by atoms with Gasteiger partial charge in [0.2, 0.25) is 0 Å². The number of rotatable bonds is 5. The molecule has 1 saturated heterocycles. The summed E-state index contributed by atoms with van der Waals surface area (Å²) >= 11 is 0. The van der Waals surface area contributed by atoms with Crippen LogP contribution in [-0.4, -0.2) is 42.1 Å². The Balaban J connectivity index is 2.04. The van der Waals surface area contributed by atoms with E-state index < -0.39 is 29.5 Å². The molecule has 4 nitrogen and oxygen atoms in total. The molecule has 2 aromatic rings. The summed E-state index contributed by atoms with van der Waals surface area (Å²) in [7, 11) is 1.21. The molecule has 0 aromatic heterocycles. The van der Waals surface area contributed by atoms with Gasteiger partial charge < -0.3 is 19.1 Å². The Morgan fingerprint density at radius 3 is 2.07 bits per heavy atom. The van der Waals surface area contributed by atoms with Gasteiger partial charge in [-0.1, -0.05) is 41.9 Å². The molecular weight excluding hydrogens is 350 g/mol. The minimum absolute atomic E-state index is 0.431. The Labute approximate surface area is 170 Å². The topological polar surface area (TPSA) is 47.9 Å². The van der Waals surface area contributed by atoms with Crippen molar-refractivity contribution in [1.29, 1.82) is 0 Å². The molecule has 1 aliphatic rings. The standard InChI is InChI=1S/C22H31B2O4/c1-19(2,25)20(3,4)26-23-17-14-13-15-11-9-10-12-16(15)18(17)24-27-21(5,6)22(7,8)28-24/h9-14,25H,1-8H3. The van der Waals surface area contributed by atoms with Crippen molar-refractivity contribution < 1.29 is 19.1 Å². The van der Waals surface area contributed by atoms with Gasteiger partial charge in [0, 0.05) is 0 Å². The highest BCUT2D eigenvalue weighted by Gasteiger charge is 2.52. The van der Waals surface area contributed by atoms with Crippen LogP contribution in [0.25, 0.3) is 10.8 Å². The summed E-state index contributed by atoms with van der Waals surface area (Å²) in [4.78, 5) is 0. The Bertz CT molecular complexity index is 852. The molecular formula is C22H31B2O4. The average molecular weight is 381 g/mol. The first-order valence-corrected chi connectivity index (χ1v) is 9.86. The third kappa shape index (κ3) is 3.76. The van der Waals surface area contributed by atoms with Gasteiger partial charge in [-0.25, -0.2) is 0 Å². The summed E-state index contributed by atoms with van der Waals surface area (Å²) in [5.74, 6) is 0. The lowest BCUT2D eigenvalue weighted by Crippen LogP contribution is -2.52. The first-order chi connectivity index (χ1) is 12.8. The van der Waals surface area contributed by atoms with E-state index in [9.17, 15) is 5.11 Å². The van der Waals surface area contributed by atoms with Crippen LogP contribution in [0.1, 0.15) is 55.4 Å². The first-order valence-electron chi connectivity index (χ1n) is 9.86. The van der Waals surface area contributed by atoms with Gasteiger partial charge in [-0.05, 0) is 71.6 Å². The van der Waals surface area contributed by atoms with E-state index >= 15 is 0 Å². The Kier molecular flexibility index (Phi) is 5.25. The molecule has 1 heterocycles. The average Bonchev–Trinajstić information content (AvgIpc) is 2.78. The van der Waals surface area contributed by atoms with Crippen molar-refractivity contribution in [3.8, 4) is 0 Å². The van der Waals surface area contributed by atoms with Gasteiger partial charge in [-0.15, -0.1) is 0 Å². The van der Waals surface area contributed by atoms with E-state index in [-0.39, 0.29) is 0 Å². The zero-order chi connectivity index (χ0) is 21.0. The third-order valence-electron chi connectivity index (χ3n) is 6.45. The summed E-state index contributed by atoms with van der Waals surface area (Å²) in [6, 6.07) is 12.3. The number of hydrogen-bond acceptors (Lipinski definition) is 4. The number of benzene rings is 2. The molecule has 2 aromatic carbocycles. The van der Waals surface area contributed by atoms with Gasteiger partial charge in [0.05, 0.1) is 22.4 Å². The molecule has 0 spiro atoms. The summed E-state index contributed by atoms with van der Waals surface area (Å²) in [5.41, 5.74) is -0.785. The molecule has 1 N–H and O–H groups in total. The highest BCUT2D eigenvalue weighted by molar-refractivity contribution is 6.72. The van der Waals surface area contributed by atoms with Crippen molar-refractivity contribution in [2.75, 3.05) is 0 Å². The highest BCUT2D eigenvalue weighted by atomic mass is 16.7. The SMILES string of the molecule is CC(C)(O)C(C)(C)O[B]c1ccc2ccccc2c1B1OC(C)(C)C(C)(C)O1. The van der Waals surface area contributed by atoms with Gasteiger partial charge in [-0.2, -0.15) is 0 Å². The molecule has 0 amide bonds. The van der Waals surface area contributed by atoms with Gasteiger partial charge >= 0.3 is 14.6 Å². The lowest BCUT2D eigenvalue weighted by molar-refractivity contribution is -0.0893. The smallest absolute Gasteiger partial charge is 0.427 e. The highest BCUT2D eigenvalue weighted by Crippen LogP contribution is 2.37. The van der Waals surface area contributed by atoms with E-state index in [1.54, 1.807) is 21.3 Å². The lowest BCUT2D eigenvalue weighted by Gasteiger charge is -2.37. The van der Waals surface area contributed by atoms with Crippen molar-refractivity contribution in [3.05, 3.63) is 36.4 Å². The van der Waals surface area contributed by atoms with Crippen LogP contribution in [0.5, 0.6) is 0 Å². The monoisotopic (exact) mass is 381 g/mol. The lowest BCUT2D eigenvalue weighted by atomic mass is 9.66. The molecule has 1 aliphatic heterocycles. The van der Waals surface area contributed by atoms with E-state index in [4.69, 9.17) is 14.0 Å². The maximum absolute atomic E-state index is 10.4. The number of fused-ring (bicyclic) bond motifs is 1. The Morgan fingerprint density at radius 1 is 0.929 bits per heavy atom. The van der Waals surface area contributed by atoms with E-state index in [1.807, 2.05) is 32.0 Å². The maximum atomic E-state index is 10.4. The maximum Gasteiger partial charge on any atom is 0.494 e. The van der Waals surface area contributed by atoms with Crippen LogP contribution in [0.2, 0.25) is 0 Å². The zero-order valence-corrected chi connectivity index (χ0v) is 18.3. The van der Waals surface area contributed by atoms with Crippen LogP contribution in [-0.2, 0) is 14.0 Å². The molecule has 0 aliphatic carbocycles. The molecule has 149 valence electrons. The van der Waals surface area contributed by atoms with Crippen molar-refractivity contribution in [2.45, 2.75) is 77.8 Å². The van der Waals surface area contributed by atoms with Crippen LogP contribution < -0.4 is 10.9 Å². The predicted molar refractivity (Wildman–Crippen MR) is 117 cm³/mol. The molecule has 0 unspecified atom stereocenters. The zero-order valence-electron chi connectivity index (χ0n) is 18.3. The quantitative estimate of drug-likeness (QED) is 0.810. The fraction of sp³-hybridized carbons (Fsp3) is 0.545.